The number of para-hydroxylation sites is 2. The third kappa shape index (κ3) is 2.83. The summed E-state index contributed by atoms with van der Waals surface area (Å²) < 4.78 is 7.58. The molecule has 0 aliphatic carbocycles. The van der Waals surface area contributed by atoms with Crippen LogP contribution in [0, 0.1) is 0 Å². The van der Waals surface area contributed by atoms with Gasteiger partial charge in [-0.05, 0) is 48.5 Å². The van der Waals surface area contributed by atoms with E-state index in [1.165, 1.54) is 0 Å². The van der Waals surface area contributed by atoms with E-state index in [2.05, 4.69) is 15.3 Å². The molecule has 0 aliphatic rings. The van der Waals surface area contributed by atoms with E-state index in [1.807, 2.05) is 59.0 Å². The van der Waals surface area contributed by atoms with Crippen LogP contribution in [0.25, 0.3) is 28.2 Å². The average Bonchev–Trinajstić information content (AvgIpc) is 3.34. The summed E-state index contributed by atoms with van der Waals surface area (Å²) in [5, 5.41) is 2.90. The Morgan fingerprint density at radius 2 is 1.85 bits per heavy atom. The molecule has 0 atom stereocenters. The molecule has 2 aromatic carbocycles. The number of fused-ring (bicyclic) bond motifs is 2. The predicted molar refractivity (Wildman–Crippen MR) is 103 cm³/mol. The summed E-state index contributed by atoms with van der Waals surface area (Å²) in [6, 6.07) is 18.6. The lowest BCUT2D eigenvalue weighted by Gasteiger charge is -2.06. The quantitative estimate of drug-likeness (QED) is 0.521. The van der Waals surface area contributed by atoms with E-state index in [0.717, 1.165) is 22.3 Å². The summed E-state index contributed by atoms with van der Waals surface area (Å²) in [6.45, 7) is 0. The van der Waals surface area contributed by atoms with Crippen molar-refractivity contribution in [3.05, 3.63) is 84.8 Å². The van der Waals surface area contributed by atoms with Gasteiger partial charge in [0.15, 0.2) is 5.58 Å². The van der Waals surface area contributed by atoms with Crippen molar-refractivity contribution in [3.63, 3.8) is 0 Å². The van der Waals surface area contributed by atoms with Gasteiger partial charge in [0.1, 0.15) is 11.2 Å². The summed E-state index contributed by atoms with van der Waals surface area (Å²) in [5.74, 6) is 0.375. The van der Waals surface area contributed by atoms with Gasteiger partial charge in [-0.1, -0.05) is 12.1 Å². The average molecular weight is 354 g/mol. The van der Waals surface area contributed by atoms with Crippen LogP contribution in [0.1, 0.15) is 10.4 Å². The first-order chi connectivity index (χ1) is 13.3. The molecule has 0 aliphatic heterocycles. The standard InChI is InChI=1S/C21H14N4O2/c26-20(15-7-10-19-22-11-12-25(19)13-15)23-16-8-5-14(6-9-16)21-24-17-3-1-2-4-18(17)27-21/h1-13H,(H,23,26). The molecule has 5 rings (SSSR count). The predicted octanol–water partition coefficient (Wildman–Crippen LogP) is 4.39. The topological polar surface area (TPSA) is 72.4 Å². The van der Waals surface area contributed by atoms with Crippen molar-refractivity contribution in [1.82, 2.24) is 14.4 Å². The minimum atomic E-state index is -0.180. The van der Waals surface area contributed by atoms with Crippen LogP contribution >= 0.6 is 0 Å². The lowest BCUT2D eigenvalue weighted by molar-refractivity contribution is 0.102. The highest BCUT2D eigenvalue weighted by molar-refractivity contribution is 6.04. The maximum absolute atomic E-state index is 12.5. The zero-order chi connectivity index (χ0) is 18.2. The summed E-state index contributed by atoms with van der Waals surface area (Å²) in [6.07, 6.45) is 5.26. The van der Waals surface area contributed by atoms with Crippen LogP contribution in [0.5, 0.6) is 0 Å². The van der Waals surface area contributed by atoms with Gasteiger partial charge in [-0.2, -0.15) is 0 Å². The van der Waals surface area contributed by atoms with Gasteiger partial charge >= 0.3 is 0 Å². The number of anilines is 1. The maximum Gasteiger partial charge on any atom is 0.257 e. The van der Waals surface area contributed by atoms with Crippen LogP contribution in [-0.2, 0) is 0 Å². The molecule has 130 valence electrons. The van der Waals surface area contributed by atoms with E-state index < -0.39 is 0 Å². The molecule has 0 saturated carbocycles. The van der Waals surface area contributed by atoms with Gasteiger partial charge in [0.25, 0.3) is 5.91 Å². The first kappa shape index (κ1) is 15.3. The largest absolute Gasteiger partial charge is 0.436 e. The number of nitrogens with one attached hydrogen (secondary N) is 1. The van der Waals surface area contributed by atoms with Gasteiger partial charge in [0.05, 0.1) is 5.56 Å². The Hall–Kier alpha value is -3.93. The molecule has 0 radical (unpaired) electrons. The lowest BCUT2D eigenvalue weighted by Crippen LogP contribution is -2.12. The van der Waals surface area contributed by atoms with Gasteiger partial charge in [-0.3, -0.25) is 4.79 Å². The molecule has 0 unspecified atom stereocenters. The zero-order valence-electron chi connectivity index (χ0n) is 14.2. The number of imidazole rings is 1. The smallest absolute Gasteiger partial charge is 0.257 e. The van der Waals surface area contributed by atoms with E-state index in [9.17, 15) is 4.79 Å². The number of nitrogens with zero attached hydrogens (tertiary/aromatic N) is 3. The van der Waals surface area contributed by atoms with Gasteiger partial charge in [-0.25, -0.2) is 9.97 Å². The van der Waals surface area contributed by atoms with Crippen molar-refractivity contribution < 1.29 is 9.21 Å². The molecule has 0 bridgehead atoms. The first-order valence-corrected chi connectivity index (χ1v) is 8.46. The Morgan fingerprint density at radius 1 is 1.00 bits per heavy atom. The van der Waals surface area contributed by atoms with Crippen LogP contribution in [0.4, 0.5) is 5.69 Å². The van der Waals surface area contributed by atoms with Gasteiger partial charge in [-0.15, -0.1) is 0 Å². The summed E-state index contributed by atoms with van der Waals surface area (Å²) in [7, 11) is 0. The third-order valence-corrected chi connectivity index (χ3v) is 4.33. The highest BCUT2D eigenvalue weighted by Gasteiger charge is 2.10. The second-order valence-electron chi connectivity index (χ2n) is 6.13. The van der Waals surface area contributed by atoms with Crippen LogP contribution in [0.2, 0.25) is 0 Å². The number of hydrogen-bond acceptors (Lipinski definition) is 4. The van der Waals surface area contributed by atoms with E-state index in [-0.39, 0.29) is 5.91 Å². The van der Waals surface area contributed by atoms with Crippen LogP contribution < -0.4 is 5.32 Å². The second-order valence-corrected chi connectivity index (χ2v) is 6.13. The number of rotatable bonds is 3. The molecular weight excluding hydrogens is 340 g/mol. The Labute approximate surface area is 154 Å². The molecule has 1 N–H and O–H groups in total. The second kappa shape index (κ2) is 6.10. The number of carbonyl (C=O) groups excluding carboxylic acids is 1. The summed E-state index contributed by atoms with van der Waals surface area (Å²) >= 11 is 0. The maximum atomic E-state index is 12.5. The van der Waals surface area contributed by atoms with Crippen molar-refractivity contribution in [2.45, 2.75) is 0 Å². The van der Waals surface area contributed by atoms with Crippen LogP contribution in [-0.4, -0.2) is 20.3 Å². The number of pyridine rings is 1. The number of oxazole rings is 1. The molecule has 6 heteroatoms. The molecule has 27 heavy (non-hydrogen) atoms. The normalized spacial score (nSPS) is 11.1. The monoisotopic (exact) mass is 354 g/mol. The van der Waals surface area contributed by atoms with Crippen molar-refractivity contribution in [1.29, 1.82) is 0 Å². The Bertz CT molecular complexity index is 1240. The van der Waals surface area contributed by atoms with Crippen LogP contribution in [0.15, 0.2) is 83.7 Å². The van der Waals surface area contributed by atoms with Crippen molar-refractivity contribution in [3.8, 4) is 11.5 Å². The number of amides is 1. The molecule has 6 nitrogen and oxygen atoms in total. The van der Waals surface area contributed by atoms with Crippen molar-refractivity contribution in [2.75, 3.05) is 5.32 Å². The fraction of sp³-hybridized carbons (Fsp3) is 0. The molecule has 1 amide bonds. The molecule has 0 spiro atoms. The van der Waals surface area contributed by atoms with Gasteiger partial charge in [0, 0.05) is 29.8 Å². The summed E-state index contributed by atoms with van der Waals surface area (Å²) in [5.41, 5.74) is 4.48. The molecule has 3 heterocycles. The SMILES string of the molecule is O=C(Nc1ccc(-c2nc3ccccc3o2)cc1)c1ccc2nccn2c1. The fourth-order valence-corrected chi connectivity index (χ4v) is 2.95. The van der Waals surface area contributed by atoms with E-state index in [4.69, 9.17) is 4.42 Å². The number of hydrogen-bond donors (Lipinski definition) is 1. The zero-order valence-corrected chi connectivity index (χ0v) is 14.2. The van der Waals surface area contributed by atoms with E-state index in [0.29, 0.717) is 17.1 Å². The number of aromatic nitrogens is 3. The lowest BCUT2D eigenvalue weighted by atomic mass is 10.2. The molecule has 5 aromatic rings. The molecule has 3 aromatic heterocycles. The fourth-order valence-electron chi connectivity index (χ4n) is 2.95. The van der Waals surface area contributed by atoms with Crippen molar-refractivity contribution in [2.24, 2.45) is 0 Å². The van der Waals surface area contributed by atoms with Gasteiger partial charge in [0.2, 0.25) is 5.89 Å². The third-order valence-electron chi connectivity index (χ3n) is 4.33. The number of carbonyl (C=O) groups is 1. The molecule has 0 fully saturated rings. The Kier molecular flexibility index (Phi) is 3.47. The minimum absolute atomic E-state index is 0.180. The highest BCUT2D eigenvalue weighted by atomic mass is 16.3. The van der Waals surface area contributed by atoms with Crippen LogP contribution in [0.3, 0.4) is 0 Å². The molecule has 0 saturated heterocycles. The minimum Gasteiger partial charge on any atom is -0.436 e. The van der Waals surface area contributed by atoms with Gasteiger partial charge < -0.3 is 14.1 Å². The van der Waals surface area contributed by atoms with Crippen molar-refractivity contribution >= 4 is 28.3 Å². The Balaban J connectivity index is 1.37. The molecular formula is C21H14N4O2. The number of benzene rings is 2. The van der Waals surface area contributed by atoms with E-state index in [1.54, 1.807) is 24.7 Å². The highest BCUT2D eigenvalue weighted by Crippen LogP contribution is 2.25. The first-order valence-electron chi connectivity index (χ1n) is 8.46. The Morgan fingerprint density at radius 3 is 2.70 bits per heavy atom. The van der Waals surface area contributed by atoms with E-state index >= 15 is 0 Å². The summed E-state index contributed by atoms with van der Waals surface area (Å²) in [4.78, 5) is 21.1.